The van der Waals surface area contributed by atoms with E-state index in [-0.39, 0.29) is 35.7 Å². The fraction of sp³-hybridized carbons (Fsp3) is 0.622. The van der Waals surface area contributed by atoms with Gasteiger partial charge >= 0.3 is 0 Å². The number of nitrogens with zero attached hydrogens (tertiary/aromatic N) is 2. The minimum Gasteiger partial charge on any atom is -0.507 e. The van der Waals surface area contributed by atoms with Gasteiger partial charge in [-0.2, -0.15) is 0 Å². The van der Waals surface area contributed by atoms with Gasteiger partial charge in [-0.1, -0.05) is 12.1 Å². The Kier molecular flexibility index (Phi) is 18.7. The average Bonchev–Trinajstić information content (AvgIpc) is 3.18. The molecule has 19 nitrogen and oxygen atoms in total. The number of carbonyl (C=O) groups is 2. The first-order chi connectivity index (χ1) is 26.5. The molecule has 3 rings (SSSR count). The number of benzene rings is 2. The summed E-state index contributed by atoms with van der Waals surface area (Å²) in [5.74, 6) is -2.05. The van der Waals surface area contributed by atoms with Gasteiger partial charge in [0.05, 0.1) is 36.5 Å². The number of hydrogen-bond acceptors (Lipinski definition) is 17. The molecule has 2 aromatic carbocycles. The number of rotatable bonds is 18. The number of aliphatic hydroxyl groups excluding tert-OH is 10. The number of phenols is 2. The lowest BCUT2D eigenvalue weighted by Crippen LogP contribution is -2.49. The van der Waals surface area contributed by atoms with Crippen LogP contribution in [0.4, 0.5) is 0 Å². The van der Waals surface area contributed by atoms with E-state index in [0.29, 0.717) is 61.5 Å². The zero-order chi connectivity index (χ0) is 41.7. The molecule has 19 heteroatoms. The van der Waals surface area contributed by atoms with Gasteiger partial charge < -0.3 is 77.2 Å². The van der Waals surface area contributed by atoms with Crippen molar-refractivity contribution in [3.63, 3.8) is 0 Å². The van der Waals surface area contributed by atoms with Crippen molar-refractivity contribution in [2.75, 3.05) is 65.6 Å². The van der Waals surface area contributed by atoms with E-state index in [2.05, 4.69) is 25.8 Å². The molecule has 1 fully saturated rings. The summed E-state index contributed by atoms with van der Waals surface area (Å²) in [5, 5.41) is 128. The van der Waals surface area contributed by atoms with Gasteiger partial charge in [0.2, 0.25) is 0 Å². The summed E-state index contributed by atoms with van der Waals surface area (Å²) in [5.41, 5.74) is 2.14. The summed E-state index contributed by atoms with van der Waals surface area (Å²) in [6.45, 7) is 4.90. The second-order valence-electron chi connectivity index (χ2n) is 14.3. The zero-order valence-corrected chi connectivity index (χ0v) is 31.7. The van der Waals surface area contributed by atoms with Gasteiger partial charge in [-0.25, -0.2) is 0 Å². The van der Waals surface area contributed by atoms with Gasteiger partial charge in [0.15, 0.2) is 0 Å². The monoisotopic (exact) mass is 797 g/mol. The largest absolute Gasteiger partial charge is 0.507 e. The molecular weight excluding hydrogens is 738 g/mol. The Balaban J connectivity index is 1.70. The van der Waals surface area contributed by atoms with Gasteiger partial charge in [0.1, 0.15) is 48.1 Å². The van der Waals surface area contributed by atoms with Crippen LogP contribution in [0.2, 0.25) is 0 Å². The third-order valence-corrected chi connectivity index (χ3v) is 9.70. The Morgan fingerprint density at radius 3 is 1.41 bits per heavy atom. The Morgan fingerprint density at radius 2 is 1.00 bits per heavy atom. The number of phenolic OH excluding ortho intramolecular Hbond substituents is 2. The van der Waals surface area contributed by atoms with Crippen LogP contribution in [-0.4, -0.2) is 197 Å². The van der Waals surface area contributed by atoms with Crippen LogP contribution in [0.1, 0.15) is 49.4 Å². The number of nitrogens with one attached hydrogen (secondary N) is 3. The van der Waals surface area contributed by atoms with E-state index in [1.165, 1.54) is 12.1 Å². The molecule has 2 aromatic rings. The third kappa shape index (κ3) is 13.3. The molecule has 0 spiro atoms. The number of amides is 2. The minimum atomic E-state index is -1.87. The van der Waals surface area contributed by atoms with Crippen LogP contribution in [-0.2, 0) is 13.1 Å². The summed E-state index contributed by atoms with van der Waals surface area (Å²) in [7, 11) is 0. The number of hydrogen-bond donors (Lipinski definition) is 15. The molecule has 1 saturated heterocycles. The van der Waals surface area contributed by atoms with Crippen molar-refractivity contribution in [3.8, 4) is 11.5 Å². The Morgan fingerprint density at radius 1 is 0.607 bits per heavy atom. The van der Waals surface area contributed by atoms with Crippen LogP contribution in [0.15, 0.2) is 24.3 Å². The van der Waals surface area contributed by atoms with Crippen molar-refractivity contribution in [1.82, 2.24) is 25.8 Å². The van der Waals surface area contributed by atoms with Crippen molar-refractivity contribution in [1.29, 1.82) is 0 Å². The van der Waals surface area contributed by atoms with Crippen molar-refractivity contribution < 1.29 is 70.9 Å². The van der Waals surface area contributed by atoms with Crippen molar-refractivity contribution >= 4 is 11.8 Å². The first kappa shape index (κ1) is 46.8. The molecule has 0 aliphatic carbocycles. The first-order valence-electron chi connectivity index (χ1n) is 18.5. The topological polar surface area (TPSA) is 319 Å². The molecule has 1 aliphatic heterocycles. The summed E-state index contributed by atoms with van der Waals surface area (Å²) < 4.78 is 0. The van der Waals surface area contributed by atoms with E-state index in [9.17, 15) is 60.7 Å². The van der Waals surface area contributed by atoms with Crippen molar-refractivity contribution in [3.05, 3.63) is 57.6 Å². The molecule has 316 valence electrons. The second kappa shape index (κ2) is 22.4. The van der Waals surface area contributed by atoms with Gasteiger partial charge in [0, 0.05) is 63.5 Å². The maximum atomic E-state index is 13.1. The molecule has 0 radical (unpaired) electrons. The van der Waals surface area contributed by atoms with Crippen molar-refractivity contribution in [2.24, 2.45) is 0 Å². The Bertz CT molecular complexity index is 1460. The smallest absolute Gasteiger partial charge is 0.255 e. The summed E-state index contributed by atoms with van der Waals surface area (Å²) in [6.07, 6.45) is -13.4. The molecular formula is C37H59N5O14. The zero-order valence-electron chi connectivity index (χ0n) is 31.7. The van der Waals surface area contributed by atoms with E-state index in [0.717, 1.165) is 6.42 Å². The van der Waals surface area contributed by atoms with Crippen molar-refractivity contribution in [2.45, 2.75) is 82.2 Å². The molecule has 15 N–H and O–H groups in total. The quantitative estimate of drug-likeness (QED) is 0.0674. The van der Waals surface area contributed by atoms with E-state index in [4.69, 9.17) is 10.2 Å². The predicted octanol–water partition coefficient (Wildman–Crippen LogP) is -4.66. The van der Waals surface area contributed by atoms with E-state index in [1.807, 2.05) is 0 Å². The fourth-order valence-corrected chi connectivity index (χ4v) is 6.34. The molecule has 1 aliphatic rings. The second-order valence-corrected chi connectivity index (χ2v) is 14.3. The number of aliphatic hydroxyl groups is 10. The van der Waals surface area contributed by atoms with Gasteiger partial charge in [-0.3, -0.25) is 19.4 Å². The maximum absolute atomic E-state index is 13.1. The average molecular weight is 798 g/mol. The van der Waals surface area contributed by atoms with E-state index >= 15 is 0 Å². The maximum Gasteiger partial charge on any atom is 0.255 e. The normalized spacial score (nSPS) is 19.2. The Hall–Kier alpha value is -3.54. The predicted molar refractivity (Wildman–Crippen MR) is 201 cm³/mol. The summed E-state index contributed by atoms with van der Waals surface area (Å²) >= 11 is 0. The number of aryl methyl sites for hydroxylation is 2. The molecule has 2 amide bonds. The fourth-order valence-electron chi connectivity index (χ4n) is 6.34. The standard InChI is InChI=1S/C37H59N5O14/c1-20-10-22(30(49)24(12-20)36(55)39-14-26(45)32(51)34(53)28(47)18-43)16-41-6-3-4-38-5-7-42(9-8-41)17-23-11-21(2)13-25(31(23)50)37(56)40-15-27(46)33(52)35(54)29(48)19-44/h10-13,26-29,32-35,38,43-54H,3-9,14-19H2,1-2H3,(H,39,55)(H,40,56). The highest BCUT2D eigenvalue weighted by molar-refractivity contribution is 5.98. The van der Waals surface area contributed by atoms with Crippen LogP contribution >= 0.6 is 0 Å². The molecule has 8 atom stereocenters. The number of carbonyl (C=O) groups excluding carboxylic acids is 2. The minimum absolute atomic E-state index is 0.0690. The van der Waals surface area contributed by atoms with Gasteiger partial charge in [0.25, 0.3) is 11.8 Å². The SMILES string of the molecule is Cc1cc(CN2CCCNCCN(Cc3cc(C)cc(C(=O)NCC(O)C(O)C(O)C(O)CO)c3O)CC2)c(O)c(C(=O)NCC(O)C(O)C(O)C(O)CO)c1. The van der Waals surface area contributed by atoms with E-state index in [1.54, 1.807) is 26.0 Å². The van der Waals surface area contributed by atoms with Crippen LogP contribution < -0.4 is 16.0 Å². The van der Waals surface area contributed by atoms with Gasteiger partial charge in [-0.05, 0) is 56.6 Å². The molecule has 8 unspecified atom stereocenters. The molecule has 0 saturated carbocycles. The third-order valence-electron chi connectivity index (χ3n) is 9.70. The molecule has 56 heavy (non-hydrogen) atoms. The highest BCUT2D eigenvalue weighted by Crippen LogP contribution is 2.28. The molecule has 0 aromatic heterocycles. The molecule has 0 bridgehead atoms. The lowest BCUT2D eigenvalue weighted by Gasteiger charge is -2.30. The van der Waals surface area contributed by atoms with Crippen LogP contribution in [0.25, 0.3) is 0 Å². The van der Waals surface area contributed by atoms with Crippen LogP contribution in [0.5, 0.6) is 11.5 Å². The lowest BCUT2D eigenvalue weighted by atomic mass is 10.0. The van der Waals surface area contributed by atoms with Crippen LogP contribution in [0, 0.1) is 13.8 Å². The summed E-state index contributed by atoms with van der Waals surface area (Å²) in [6, 6.07) is 6.44. The lowest BCUT2D eigenvalue weighted by molar-refractivity contribution is -0.113. The number of aromatic hydroxyl groups is 2. The summed E-state index contributed by atoms with van der Waals surface area (Å²) in [4.78, 5) is 30.4. The Labute approximate surface area is 325 Å². The molecule has 1 heterocycles. The highest BCUT2D eigenvalue weighted by Gasteiger charge is 2.32. The van der Waals surface area contributed by atoms with Crippen LogP contribution in [0.3, 0.4) is 0 Å². The first-order valence-corrected chi connectivity index (χ1v) is 18.5. The van der Waals surface area contributed by atoms with E-state index < -0.39 is 86.9 Å². The van der Waals surface area contributed by atoms with Gasteiger partial charge in [-0.15, -0.1) is 0 Å². The highest BCUT2D eigenvalue weighted by atomic mass is 16.4.